The largest absolute Gasteiger partial charge is 0.475 e. The molecule has 0 aliphatic carbocycles. The predicted molar refractivity (Wildman–Crippen MR) is 116 cm³/mol. The molecule has 0 fully saturated rings. The van der Waals surface area contributed by atoms with Gasteiger partial charge in [-0.25, -0.2) is 4.79 Å². The number of ether oxygens (including phenoxy) is 2. The molecule has 3 aromatic rings. The molecule has 3 rings (SSSR count). The molecule has 156 valence electrons. The first-order valence-corrected chi connectivity index (χ1v) is 10.1. The van der Waals surface area contributed by atoms with E-state index in [1.807, 2.05) is 42.5 Å². The van der Waals surface area contributed by atoms with Crippen molar-refractivity contribution in [1.29, 1.82) is 0 Å². The van der Waals surface area contributed by atoms with Crippen LogP contribution < -0.4 is 4.74 Å². The lowest BCUT2D eigenvalue weighted by atomic mass is 9.90. The minimum Gasteiger partial charge on any atom is -0.475 e. The molecule has 30 heavy (non-hydrogen) atoms. The molecule has 3 aromatic carbocycles. The molecular weight excluding hydrogens is 380 g/mol. The number of aryl methyl sites for hydroxylation is 1. The molecule has 0 heterocycles. The quantitative estimate of drug-likeness (QED) is 0.291. The Labute approximate surface area is 176 Å². The monoisotopic (exact) mass is 406 g/mol. The lowest BCUT2D eigenvalue weighted by Crippen LogP contribution is -2.15. The third-order valence-electron chi connectivity index (χ3n) is 5.08. The number of hydrogen-bond acceptors (Lipinski definition) is 4. The van der Waals surface area contributed by atoms with Crippen molar-refractivity contribution in [3.8, 4) is 5.75 Å². The number of methoxy groups -OCH3 is 1. The Morgan fingerprint density at radius 3 is 2.43 bits per heavy atom. The fraction of sp³-hybridized carbons (Fsp3) is 0.280. The van der Waals surface area contributed by atoms with Crippen molar-refractivity contribution in [3.05, 3.63) is 76.9 Å². The normalized spacial score (nSPS) is 10.9. The minimum absolute atomic E-state index is 0.0696. The summed E-state index contributed by atoms with van der Waals surface area (Å²) >= 11 is 0. The van der Waals surface area contributed by atoms with Crippen LogP contribution in [0.3, 0.4) is 0 Å². The van der Waals surface area contributed by atoms with Gasteiger partial charge in [-0.15, -0.1) is 0 Å². The summed E-state index contributed by atoms with van der Waals surface area (Å²) in [6.07, 6.45) is 3.19. The van der Waals surface area contributed by atoms with Crippen molar-refractivity contribution >= 4 is 22.5 Å². The molecule has 0 saturated heterocycles. The molecule has 5 heteroatoms. The molecule has 0 unspecified atom stereocenters. The summed E-state index contributed by atoms with van der Waals surface area (Å²) in [7, 11) is 1.56. The van der Waals surface area contributed by atoms with Gasteiger partial charge in [0, 0.05) is 18.1 Å². The van der Waals surface area contributed by atoms with E-state index in [0.29, 0.717) is 24.0 Å². The Hall–Kier alpha value is -3.18. The zero-order valence-electron chi connectivity index (χ0n) is 17.3. The Morgan fingerprint density at radius 2 is 1.77 bits per heavy atom. The number of benzene rings is 3. The van der Waals surface area contributed by atoms with Crippen LogP contribution in [0.5, 0.6) is 5.75 Å². The smallest absolute Gasteiger partial charge is 0.377 e. The topological polar surface area (TPSA) is 72.8 Å². The van der Waals surface area contributed by atoms with Gasteiger partial charge in [-0.2, -0.15) is 0 Å². The maximum Gasteiger partial charge on any atom is 0.377 e. The fourth-order valence-corrected chi connectivity index (χ4v) is 3.67. The standard InChI is InChI=1S/C25H26O5/c1-3-4-11-19-15-21(23(26)25(27)28)20-13-8-12-18(14-17-9-6-5-7-10-17)22(20)24(19)30-16-29-2/h5-10,12-13,15H,3-4,11,14,16H2,1-2H3,(H,27,28). The highest BCUT2D eigenvalue weighted by Gasteiger charge is 2.23. The van der Waals surface area contributed by atoms with Crippen LogP contribution in [0.1, 0.15) is 46.8 Å². The Bertz CT molecular complexity index is 1040. The molecule has 0 amide bonds. The second kappa shape index (κ2) is 10.0. The zero-order valence-corrected chi connectivity index (χ0v) is 17.3. The highest BCUT2D eigenvalue weighted by molar-refractivity contribution is 6.42. The summed E-state index contributed by atoms with van der Waals surface area (Å²) in [6.45, 7) is 2.15. The highest BCUT2D eigenvalue weighted by atomic mass is 16.7. The van der Waals surface area contributed by atoms with Gasteiger partial charge >= 0.3 is 5.97 Å². The Kier molecular flexibility index (Phi) is 7.20. The SMILES string of the molecule is CCCCc1cc(C(=O)C(=O)O)c2cccc(Cc3ccccc3)c2c1OCOC. The molecule has 0 aliphatic rings. The van der Waals surface area contributed by atoms with Crippen molar-refractivity contribution < 1.29 is 24.2 Å². The number of carbonyl (C=O) groups is 2. The molecular formula is C25H26O5. The first-order chi connectivity index (χ1) is 14.6. The summed E-state index contributed by atoms with van der Waals surface area (Å²) in [5.41, 5.74) is 3.12. The van der Waals surface area contributed by atoms with Crippen LogP contribution in [0.4, 0.5) is 0 Å². The average Bonchev–Trinajstić information content (AvgIpc) is 2.76. The third kappa shape index (κ3) is 4.69. The number of aliphatic carboxylic acids is 1. The lowest BCUT2D eigenvalue weighted by molar-refractivity contribution is -0.131. The number of unbranched alkanes of at least 4 members (excludes halogenated alkanes) is 1. The van der Waals surface area contributed by atoms with Crippen molar-refractivity contribution in [2.75, 3.05) is 13.9 Å². The minimum atomic E-state index is -1.46. The van der Waals surface area contributed by atoms with E-state index in [1.165, 1.54) is 0 Å². The van der Waals surface area contributed by atoms with Crippen LogP contribution in [0.2, 0.25) is 0 Å². The van der Waals surface area contributed by atoms with Gasteiger partial charge in [0.05, 0.1) is 0 Å². The van der Waals surface area contributed by atoms with Crippen molar-refractivity contribution in [1.82, 2.24) is 0 Å². The number of carboxylic acid groups (broad SMARTS) is 1. The number of fused-ring (bicyclic) bond motifs is 1. The molecule has 0 atom stereocenters. The number of carboxylic acids is 1. The number of hydrogen-bond donors (Lipinski definition) is 1. The van der Waals surface area contributed by atoms with Crippen LogP contribution in [0.15, 0.2) is 54.6 Å². The second-order valence-corrected chi connectivity index (χ2v) is 7.20. The molecule has 0 aromatic heterocycles. The fourth-order valence-electron chi connectivity index (χ4n) is 3.67. The molecule has 0 radical (unpaired) electrons. The van der Waals surface area contributed by atoms with Gasteiger partial charge in [0.1, 0.15) is 5.75 Å². The predicted octanol–water partition coefficient (Wildman–Crippen LogP) is 5.02. The summed E-state index contributed by atoms with van der Waals surface area (Å²) in [6, 6.07) is 17.3. The molecule has 1 N–H and O–H groups in total. The van der Waals surface area contributed by atoms with Gasteiger partial charge in [0.15, 0.2) is 6.79 Å². The van der Waals surface area contributed by atoms with Crippen LogP contribution >= 0.6 is 0 Å². The van der Waals surface area contributed by atoms with E-state index >= 15 is 0 Å². The summed E-state index contributed by atoms with van der Waals surface area (Å²) < 4.78 is 11.1. The van der Waals surface area contributed by atoms with Gasteiger partial charge in [-0.1, -0.05) is 61.9 Å². The number of rotatable bonds is 10. The maximum absolute atomic E-state index is 12.5. The van der Waals surface area contributed by atoms with Crippen LogP contribution in [0, 0.1) is 0 Å². The van der Waals surface area contributed by atoms with Crippen LogP contribution in [0.25, 0.3) is 10.8 Å². The van der Waals surface area contributed by atoms with Crippen molar-refractivity contribution in [2.45, 2.75) is 32.6 Å². The van der Waals surface area contributed by atoms with Crippen LogP contribution in [-0.2, 0) is 22.4 Å². The van der Waals surface area contributed by atoms with Gasteiger partial charge < -0.3 is 14.6 Å². The highest BCUT2D eigenvalue weighted by Crippen LogP contribution is 2.37. The number of carbonyl (C=O) groups excluding carboxylic acids is 1. The zero-order chi connectivity index (χ0) is 21.5. The first-order valence-electron chi connectivity index (χ1n) is 10.1. The van der Waals surface area contributed by atoms with E-state index in [-0.39, 0.29) is 12.4 Å². The summed E-state index contributed by atoms with van der Waals surface area (Å²) in [4.78, 5) is 24.0. The van der Waals surface area contributed by atoms with Gasteiger partial charge in [-0.3, -0.25) is 4.79 Å². The van der Waals surface area contributed by atoms with E-state index in [2.05, 4.69) is 6.92 Å². The van der Waals surface area contributed by atoms with E-state index in [1.54, 1.807) is 19.2 Å². The summed E-state index contributed by atoms with van der Waals surface area (Å²) in [5.74, 6) is -1.71. The lowest BCUT2D eigenvalue weighted by Gasteiger charge is -2.19. The third-order valence-corrected chi connectivity index (χ3v) is 5.08. The first kappa shape index (κ1) is 21.5. The maximum atomic E-state index is 12.5. The van der Waals surface area contributed by atoms with E-state index in [4.69, 9.17) is 9.47 Å². The van der Waals surface area contributed by atoms with Crippen molar-refractivity contribution in [2.24, 2.45) is 0 Å². The summed E-state index contributed by atoms with van der Waals surface area (Å²) in [5, 5.41) is 10.7. The average molecular weight is 406 g/mol. The molecule has 0 bridgehead atoms. The second-order valence-electron chi connectivity index (χ2n) is 7.20. The van der Waals surface area contributed by atoms with Gasteiger partial charge in [-0.05, 0) is 47.4 Å². The molecule has 5 nitrogen and oxygen atoms in total. The molecule has 0 saturated carbocycles. The molecule has 0 spiro atoms. The molecule has 0 aliphatic heterocycles. The number of Topliss-reactive ketones (excluding diaryl/α,β-unsaturated/α-hetero) is 1. The van der Waals surface area contributed by atoms with E-state index < -0.39 is 11.8 Å². The Morgan fingerprint density at radius 1 is 1.00 bits per heavy atom. The van der Waals surface area contributed by atoms with Gasteiger partial charge in [0.25, 0.3) is 5.78 Å². The van der Waals surface area contributed by atoms with Crippen molar-refractivity contribution in [3.63, 3.8) is 0 Å². The van der Waals surface area contributed by atoms with Crippen LogP contribution in [-0.4, -0.2) is 30.8 Å². The Balaban J connectivity index is 2.29. The van der Waals surface area contributed by atoms with E-state index in [9.17, 15) is 14.7 Å². The number of ketones is 1. The van der Waals surface area contributed by atoms with E-state index in [0.717, 1.165) is 34.9 Å². The van der Waals surface area contributed by atoms with Gasteiger partial charge in [0.2, 0.25) is 0 Å².